The number of rotatable bonds is 2. The van der Waals surface area contributed by atoms with E-state index in [-0.39, 0.29) is 17.5 Å². The Morgan fingerprint density at radius 1 is 1.47 bits per heavy atom. The van der Waals surface area contributed by atoms with Gasteiger partial charge in [0.2, 0.25) is 0 Å². The third kappa shape index (κ3) is 2.52. The molecule has 0 aromatic carbocycles. The number of halogens is 1. The lowest BCUT2D eigenvalue weighted by atomic mass is 10.1. The minimum absolute atomic E-state index is 0.138. The molecule has 1 saturated heterocycles. The van der Waals surface area contributed by atoms with Gasteiger partial charge >= 0.3 is 5.97 Å². The molecule has 1 aromatic rings. The number of piperidine rings is 1. The molecule has 1 aliphatic rings. The minimum atomic E-state index is -1.20. The van der Waals surface area contributed by atoms with Crippen LogP contribution in [0.2, 0.25) is 0 Å². The highest BCUT2D eigenvalue weighted by molar-refractivity contribution is 5.93. The fourth-order valence-corrected chi connectivity index (χ4v) is 1.92. The van der Waals surface area contributed by atoms with Crippen molar-refractivity contribution in [2.24, 2.45) is 0 Å². The monoisotopic (exact) mass is 240 g/mol. The van der Waals surface area contributed by atoms with E-state index in [0.717, 1.165) is 12.3 Å². The van der Waals surface area contributed by atoms with E-state index < -0.39 is 11.8 Å². The summed E-state index contributed by atoms with van der Waals surface area (Å²) in [7, 11) is 0. The van der Waals surface area contributed by atoms with E-state index in [1.807, 2.05) is 0 Å². The van der Waals surface area contributed by atoms with Gasteiger partial charge in [0.1, 0.15) is 17.2 Å². The van der Waals surface area contributed by atoms with Crippen molar-refractivity contribution < 1.29 is 19.4 Å². The summed E-state index contributed by atoms with van der Waals surface area (Å²) >= 11 is 0. The number of carboxylic acid groups (broad SMARTS) is 1. The Morgan fingerprint density at radius 2 is 2.12 bits per heavy atom. The molecule has 1 fully saturated rings. The molecule has 1 aromatic heterocycles. The Hall–Kier alpha value is -1.69. The number of carbonyl (C=O) groups is 1. The van der Waals surface area contributed by atoms with Crippen LogP contribution in [0.1, 0.15) is 23.2 Å². The number of hydrogen-bond acceptors (Lipinski definition) is 4. The van der Waals surface area contributed by atoms with Crippen molar-refractivity contribution in [1.29, 1.82) is 0 Å². The van der Waals surface area contributed by atoms with Crippen LogP contribution < -0.4 is 4.90 Å². The van der Waals surface area contributed by atoms with E-state index in [9.17, 15) is 14.3 Å². The van der Waals surface area contributed by atoms with Gasteiger partial charge in [-0.2, -0.15) is 0 Å². The molecule has 92 valence electrons. The first kappa shape index (κ1) is 11.8. The van der Waals surface area contributed by atoms with Crippen molar-refractivity contribution in [2.45, 2.75) is 18.9 Å². The summed E-state index contributed by atoms with van der Waals surface area (Å²) in [5.74, 6) is -1.59. The predicted molar refractivity (Wildman–Crippen MR) is 58.6 cm³/mol. The number of nitrogens with zero attached hydrogens (tertiary/aromatic N) is 2. The van der Waals surface area contributed by atoms with Gasteiger partial charge in [0.15, 0.2) is 0 Å². The molecule has 0 amide bonds. The highest BCUT2D eigenvalue weighted by Crippen LogP contribution is 2.22. The molecule has 2 rings (SSSR count). The van der Waals surface area contributed by atoms with Gasteiger partial charge in [-0.25, -0.2) is 14.2 Å². The third-order valence-corrected chi connectivity index (χ3v) is 2.83. The maximum atomic E-state index is 13.0. The average molecular weight is 240 g/mol. The van der Waals surface area contributed by atoms with Gasteiger partial charge < -0.3 is 15.1 Å². The fraction of sp³-hybridized carbons (Fsp3) is 0.455. The van der Waals surface area contributed by atoms with E-state index in [0.29, 0.717) is 25.9 Å². The Bertz CT molecular complexity index is 431. The van der Waals surface area contributed by atoms with Gasteiger partial charge in [-0.15, -0.1) is 0 Å². The first-order chi connectivity index (χ1) is 8.08. The number of aromatic nitrogens is 1. The SMILES string of the molecule is O=C(O)c1cc(F)cnc1N1CCC(O)CC1. The summed E-state index contributed by atoms with van der Waals surface area (Å²) in [6.07, 6.45) is 1.79. The van der Waals surface area contributed by atoms with Gasteiger partial charge in [0.25, 0.3) is 0 Å². The lowest BCUT2D eigenvalue weighted by Crippen LogP contribution is -2.37. The van der Waals surface area contributed by atoms with E-state index >= 15 is 0 Å². The Kier molecular flexibility index (Phi) is 3.23. The molecule has 0 atom stereocenters. The molecule has 0 spiro atoms. The van der Waals surface area contributed by atoms with Crippen LogP contribution in [-0.4, -0.2) is 40.4 Å². The molecular weight excluding hydrogens is 227 g/mol. The normalized spacial score (nSPS) is 17.2. The molecule has 2 heterocycles. The number of anilines is 1. The van der Waals surface area contributed by atoms with Crippen molar-refractivity contribution in [1.82, 2.24) is 4.98 Å². The average Bonchev–Trinajstić information content (AvgIpc) is 2.30. The van der Waals surface area contributed by atoms with E-state index in [1.165, 1.54) is 0 Å². The lowest BCUT2D eigenvalue weighted by molar-refractivity contribution is 0.0696. The molecule has 2 N–H and O–H groups in total. The number of pyridine rings is 1. The van der Waals surface area contributed by atoms with Crippen molar-refractivity contribution in [3.05, 3.63) is 23.6 Å². The molecule has 0 radical (unpaired) electrons. The Balaban J connectivity index is 2.28. The summed E-state index contributed by atoms with van der Waals surface area (Å²) in [5, 5.41) is 18.4. The second kappa shape index (κ2) is 4.67. The highest BCUT2D eigenvalue weighted by atomic mass is 19.1. The van der Waals surface area contributed by atoms with Crippen molar-refractivity contribution in [3.8, 4) is 0 Å². The summed E-state index contributed by atoms with van der Waals surface area (Å²) in [6, 6.07) is 0.968. The molecule has 1 aliphatic heterocycles. The Labute approximate surface area is 97.5 Å². The minimum Gasteiger partial charge on any atom is -0.478 e. The summed E-state index contributed by atoms with van der Waals surface area (Å²) in [6.45, 7) is 1.06. The quantitative estimate of drug-likeness (QED) is 0.802. The van der Waals surface area contributed by atoms with Crippen molar-refractivity contribution in [2.75, 3.05) is 18.0 Å². The summed E-state index contributed by atoms with van der Waals surface area (Å²) in [5.41, 5.74) is -0.138. The number of aliphatic hydroxyl groups excluding tert-OH is 1. The zero-order chi connectivity index (χ0) is 12.4. The van der Waals surface area contributed by atoms with Crippen molar-refractivity contribution >= 4 is 11.8 Å². The predicted octanol–water partition coefficient (Wildman–Crippen LogP) is 0.880. The zero-order valence-corrected chi connectivity index (χ0v) is 9.14. The lowest BCUT2D eigenvalue weighted by Gasteiger charge is -2.31. The zero-order valence-electron chi connectivity index (χ0n) is 9.14. The van der Waals surface area contributed by atoms with E-state index in [4.69, 9.17) is 5.11 Å². The number of aromatic carboxylic acids is 1. The second-order valence-corrected chi connectivity index (χ2v) is 4.05. The van der Waals surface area contributed by atoms with Gasteiger partial charge in [0, 0.05) is 13.1 Å². The smallest absolute Gasteiger partial charge is 0.339 e. The van der Waals surface area contributed by atoms with Crippen LogP contribution in [0.25, 0.3) is 0 Å². The fourth-order valence-electron chi connectivity index (χ4n) is 1.92. The molecule has 0 saturated carbocycles. The van der Waals surface area contributed by atoms with Crippen LogP contribution in [0, 0.1) is 5.82 Å². The standard InChI is InChI=1S/C11H13FN2O3/c12-7-5-9(11(16)17)10(13-6-7)14-3-1-8(15)2-4-14/h5-6,8,15H,1-4H2,(H,16,17). The van der Waals surface area contributed by atoms with E-state index in [1.54, 1.807) is 4.90 Å². The maximum absolute atomic E-state index is 13.0. The first-order valence-electron chi connectivity index (χ1n) is 5.40. The third-order valence-electron chi connectivity index (χ3n) is 2.83. The summed E-state index contributed by atoms with van der Waals surface area (Å²) < 4.78 is 13.0. The molecule has 0 aliphatic carbocycles. The number of aliphatic hydroxyl groups is 1. The molecule has 0 bridgehead atoms. The van der Waals surface area contributed by atoms with Crippen LogP contribution in [0.5, 0.6) is 0 Å². The Morgan fingerprint density at radius 3 is 2.71 bits per heavy atom. The largest absolute Gasteiger partial charge is 0.478 e. The van der Waals surface area contributed by atoms with Crippen molar-refractivity contribution in [3.63, 3.8) is 0 Å². The van der Waals surface area contributed by atoms with Crippen LogP contribution in [-0.2, 0) is 0 Å². The second-order valence-electron chi connectivity index (χ2n) is 4.05. The van der Waals surface area contributed by atoms with Gasteiger partial charge in [-0.05, 0) is 18.9 Å². The summed E-state index contributed by atoms with van der Waals surface area (Å²) in [4.78, 5) is 16.6. The van der Waals surface area contributed by atoms with Gasteiger partial charge in [-0.1, -0.05) is 0 Å². The van der Waals surface area contributed by atoms with Crippen LogP contribution in [0.15, 0.2) is 12.3 Å². The van der Waals surface area contributed by atoms with Crippen LogP contribution in [0.4, 0.5) is 10.2 Å². The van der Waals surface area contributed by atoms with E-state index in [2.05, 4.69) is 4.98 Å². The highest BCUT2D eigenvalue weighted by Gasteiger charge is 2.23. The molecule has 5 nitrogen and oxygen atoms in total. The molecule has 6 heteroatoms. The first-order valence-corrected chi connectivity index (χ1v) is 5.40. The molecular formula is C11H13FN2O3. The van der Waals surface area contributed by atoms with Crippen LogP contribution >= 0.6 is 0 Å². The van der Waals surface area contributed by atoms with Gasteiger partial charge in [-0.3, -0.25) is 0 Å². The molecule has 17 heavy (non-hydrogen) atoms. The topological polar surface area (TPSA) is 73.7 Å². The maximum Gasteiger partial charge on any atom is 0.339 e. The van der Waals surface area contributed by atoms with Crippen LogP contribution in [0.3, 0.4) is 0 Å². The van der Waals surface area contributed by atoms with Gasteiger partial charge in [0.05, 0.1) is 12.3 Å². The number of hydrogen-bond donors (Lipinski definition) is 2. The number of carboxylic acids is 1. The molecule has 0 unspecified atom stereocenters.